The van der Waals surface area contributed by atoms with Crippen molar-refractivity contribution in [2.45, 2.75) is 27.3 Å². The van der Waals surface area contributed by atoms with Crippen LogP contribution in [0.1, 0.15) is 30.5 Å². The van der Waals surface area contributed by atoms with E-state index in [0.717, 1.165) is 41.2 Å². The van der Waals surface area contributed by atoms with Gasteiger partial charge >= 0.3 is 0 Å². The summed E-state index contributed by atoms with van der Waals surface area (Å²) in [4.78, 5) is 30.4. The van der Waals surface area contributed by atoms with Crippen LogP contribution >= 0.6 is 0 Å². The van der Waals surface area contributed by atoms with Crippen LogP contribution in [0.5, 0.6) is 0 Å². The molecule has 0 bridgehead atoms. The molecular weight excluding hydrogens is 410 g/mol. The number of amides is 2. The minimum Gasteiger partial charge on any atom is -0.372 e. The van der Waals surface area contributed by atoms with Gasteiger partial charge in [-0.1, -0.05) is 60.2 Å². The maximum atomic E-state index is 13.4. The van der Waals surface area contributed by atoms with Crippen LogP contribution in [-0.2, 0) is 16.1 Å². The number of aryl methyl sites for hydroxylation is 1. The largest absolute Gasteiger partial charge is 0.372 e. The Kier molecular flexibility index (Phi) is 6.59. The number of anilines is 2. The number of carbonyl (C=O) groups is 2. The Morgan fingerprint density at radius 2 is 1.42 bits per heavy atom. The van der Waals surface area contributed by atoms with Gasteiger partial charge in [0.25, 0.3) is 11.8 Å². The van der Waals surface area contributed by atoms with Gasteiger partial charge in [-0.15, -0.1) is 0 Å². The first-order valence-corrected chi connectivity index (χ1v) is 11.3. The molecule has 0 unspecified atom stereocenters. The highest BCUT2D eigenvalue weighted by atomic mass is 16.2. The molecule has 1 aliphatic rings. The first kappa shape index (κ1) is 22.3. The van der Waals surface area contributed by atoms with Gasteiger partial charge in [0.05, 0.1) is 12.1 Å². The summed E-state index contributed by atoms with van der Waals surface area (Å²) in [5, 5.41) is 3.25. The van der Waals surface area contributed by atoms with Gasteiger partial charge in [-0.2, -0.15) is 0 Å². The van der Waals surface area contributed by atoms with Gasteiger partial charge in [0.15, 0.2) is 0 Å². The predicted octanol–water partition coefficient (Wildman–Crippen LogP) is 5.23. The number of nitrogens with one attached hydrogen (secondary N) is 1. The van der Waals surface area contributed by atoms with E-state index >= 15 is 0 Å². The van der Waals surface area contributed by atoms with Crippen molar-refractivity contribution in [1.82, 2.24) is 4.90 Å². The predicted molar refractivity (Wildman–Crippen MR) is 134 cm³/mol. The molecule has 33 heavy (non-hydrogen) atoms. The van der Waals surface area contributed by atoms with Gasteiger partial charge in [0.1, 0.15) is 5.70 Å². The summed E-state index contributed by atoms with van der Waals surface area (Å²) < 4.78 is 0. The standard InChI is InChI=1S/C28H29N3O2/c1-4-30(5-2)24-17-15-23(16-18-24)29-26-25(22-9-7-6-8-10-22)27(32)31(28(26)33)19-21-13-11-20(3)12-14-21/h6-18,29H,4-5,19H2,1-3H3. The normalized spacial score (nSPS) is 13.6. The summed E-state index contributed by atoms with van der Waals surface area (Å²) in [6.07, 6.45) is 0. The zero-order chi connectivity index (χ0) is 23.4. The van der Waals surface area contributed by atoms with E-state index in [2.05, 4.69) is 24.1 Å². The maximum Gasteiger partial charge on any atom is 0.278 e. The second-order valence-electron chi connectivity index (χ2n) is 8.14. The van der Waals surface area contributed by atoms with Gasteiger partial charge in [0, 0.05) is 24.5 Å². The van der Waals surface area contributed by atoms with Gasteiger partial charge in [-0.25, -0.2) is 0 Å². The molecule has 0 saturated carbocycles. The fourth-order valence-corrected chi connectivity index (χ4v) is 4.07. The molecule has 0 fully saturated rings. The van der Waals surface area contributed by atoms with Crippen LogP contribution < -0.4 is 10.2 Å². The Labute approximate surface area is 195 Å². The van der Waals surface area contributed by atoms with Crippen LogP contribution in [0.4, 0.5) is 11.4 Å². The fourth-order valence-electron chi connectivity index (χ4n) is 4.07. The molecule has 3 aromatic carbocycles. The Hall–Kier alpha value is -3.86. The molecule has 4 rings (SSSR count). The summed E-state index contributed by atoms with van der Waals surface area (Å²) in [7, 11) is 0. The van der Waals surface area contributed by atoms with Crippen LogP contribution in [-0.4, -0.2) is 29.8 Å². The van der Waals surface area contributed by atoms with Crippen molar-refractivity contribution in [2.24, 2.45) is 0 Å². The molecular formula is C28H29N3O2. The third-order valence-corrected chi connectivity index (χ3v) is 5.96. The van der Waals surface area contributed by atoms with Crippen molar-refractivity contribution < 1.29 is 9.59 Å². The van der Waals surface area contributed by atoms with Crippen molar-refractivity contribution in [2.75, 3.05) is 23.3 Å². The molecule has 1 heterocycles. The van der Waals surface area contributed by atoms with Crippen molar-refractivity contribution >= 4 is 28.8 Å². The average Bonchev–Trinajstić information content (AvgIpc) is 3.07. The lowest BCUT2D eigenvalue weighted by atomic mass is 10.0. The van der Waals surface area contributed by atoms with E-state index in [0.29, 0.717) is 11.3 Å². The lowest BCUT2D eigenvalue weighted by Crippen LogP contribution is -2.32. The summed E-state index contributed by atoms with van der Waals surface area (Å²) in [6, 6.07) is 25.2. The number of rotatable bonds is 8. The third-order valence-electron chi connectivity index (χ3n) is 5.96. The first-order chi connectivity index (χ1) is 16.0. The molecule has 5 nitrogen and oxygen atoms in total. The molecule has 3 aromatic rings. The van der Waals surface area contributed by atoms with E-state index in [-0.39, 0.29) is 18.4 Å². The molecule has 0 saturated heterocycles. The Balaban J connectivity index is 1.66. The molecule has 0 spiro atoms. The number of nitrogens with zero attached hydrogens (tertiary/aromatic N) is 2. The number of benzene rings is 3. The van der Waals surface area contributed by atoms with E-state index in [1.54, 1.807) is 0 Å². The highest BCUT2D eigenvalue weighted by Gasteiger charge is 2.39. The van der Waals surface area contributed by atoms with E-state index in [9.17, 15) is 9.59 Å². The topological polar surface area (TPSA) is 52.7 Å². The van der Waals surface area contributed by atoms with Crippen molar-refractivity contribution in [1.29, 1.82) is 0 Å². The lowest BCUT2D eigenvalue weighted by molar-refractivity contribution is -0.137. The molecule has 0 aliphatic carbocycles. The number of hydrogen-bond donors (Lipinski definition) is 1. The molecule has 168 valence electrons. The maximum absolute atomic E-state index is 13.4. The minimum absolute atomic E-state index is 0.236. The molecule has 1 aliphatic heterocycles. The average molecular weight is 440 g/mol. The van der Waals surface area contributed by atoms with Gasteiger partial charge in [-0.3, -0.25) is 14.5 Å². The molecule has 0 aromatic heterocycles. The van der Waals surface area contributed by atoms with Gasteiger partial charge in [-0.05, 0) is 56.2 Å². The number of carbonyl (C=O) groups excluding carboxylic acids is 2. The van der Waals surface area contributed by atoms with Crippen molar-refractivity contribution in [3.05, 3.63) is 101 Å². The smallest absolute Gasteiger partial charge is 0.278 e. The Bertz CT molecular complexity index is 1160. The summed E-state index contributed by atoms with van der Waals surface area (Å²) in [6.45, 7) is 8.34. The van der Waals surface area contributed by atoms with E-state index in [1.165, 1.54) is 4.90 Å². The second-order valence-corrected chi connectivity index (χ2v) is 8.14. The highest BCUT2D eigenvalue weighted by molar-refractivity contribution is 6.36. The van der Waals surface area contributed by atoms with E-state index in [4.69, 9.17) is 0 Å². The minimum atomic E-state index is -0.313. The molecule has 2 amide bonds. The summed E-state index contributed by atoms with van der Waals surface area (Å²) in [5.41, 5.74) is 5.39. The van der Waals surface area contributed by atoms with Gasteiger partial charge in [0.2, 0.25) is 0 Å². The zero-order valence-electron chi connectivity index (χ0n) is 19.3. The summed E-state index contributed by atoms with van der Waals surface area (Å²) in [5.74, 6) is -0.596. The first-order valence-electron chi connectivity index (χ1n) is 11.3. The van der Waals surface area contributed by atoms with E-state index in [1.807, 2.05) is 85.8 Å². The number of imide groups is 1. The summed E-state index contributed by atoms with van der Waals surface area (Å²) >= 11 is 0. The van der Waals surface area contributed by atoms with Gasteiger partial charge < -0.3 is 10.2 Å². The zero-order valence-corrected chi connectivity index (χ0v) is 19.3. The molecule has 5 heteroatoms. The SMILES string of the molecule is CCN(CC)c1ccc(NC2=C(c3ccccc3)C(=O)N(Cc3ccc(C)cc3)C2=O)cc1. The van der Waals surface area contributed by atoms with E-state index < -0.39 is 0 Å². The van der Waals surface area contributed by atoms with Crippen molar-refractivity contribution in [3.8, 4) is 0 Å². The third kappa shape index (κ3) is 4.67. The van der Waals surface area contributed by atoms with Crippen LogP contribution in [0, 0.1) is 6.92 Å². The molecule has 0 atom stereocenters. The quantitative estimate of drug-likeness (QED) is 0.488. The second kappa shape index (κ2) is 9.74. The highest BCUT2D eigenvalue weighted by Crippen LogP contribution is 2.32. The lowest BCUT2D eigenvalue weighted by Gasteiger charge is -2.21. The Morgan fingerprint density at radius 1 is 0.788 bits per heavy atom. The molecule has 1 N–H and O–H groups in total. The van der Waals surface area contributed by atoms with Crippen LogP contribution in [0.25, 0.3) is 5.57 Å². The van der Waals surface area contributed by atoms with Crippen LogP contribution in [0.2, 0.25) is 0 Å². The molecule has 0 radical (unpaired) electrons. The Morgan fingerprint density at radius 3 is 2.03 bits per heavy atom. The fraction of sp³-hybridized carbons (Fsp3) is 0.214. The monoisotopic (exact) mass is 439 g/mol. The van der Waals surface area contributed by atoms with Crippen LogP contribution in [0.3, 0.4) is 0 Å². The number of hydrogen-bond acceptors (Lipinski definition) is 4. The van der Waals surface area contributed by atoms with Crippen molar-refractivity contribution in [3.63, 3.8) is 0 Å². The van der Waals surface area contributed by atoms with Crippen LogP contribution in [0.15, 0.2) is 84.6 Å².